The van der Waals surface area contributed by atoms with Crippen LogP contribution in [0.3, 0.4) is 0 Å². The number of nitrogens with zero attached hydrogens (tertiary/aromatic N) is 3. The van der Waals surface area contributed by atoms with Gasteiger partial charge in [-0.2, -0.15) is 8.42 Å². The lowest BCUT2D eigenvalue weighted by atomic mass is 9.88. The van der Waals surface area contributed by atoms with Crippen LogP contribution in [0.15, 0.2) is 47.6 Å². The minimum Gasteiger partial charge on any atom is -0.493 e. The molecule has 2 heterocycles. The molecule has 182 valence electrons. The summed E-state index contributed by atoms with van der Waals surface area (Å²) in [6, 6.07) is 10.2. The number of ether oxygens (including phenoxy) is 2. The van der Waals surface area contributed by atoms with E-state index in [-0.39, 0.29) is 17.9 Å². The molecule has 0 atom stereocenters. The summed E-state index contributed by atoms with van der Waals surface area (Å²) in [6.45, 7) is 2.92. The second-order valence-corrected chi connectivity index (χ2v) is 10.1. The maximum atomic E-state index is 12.4. The average molecular weight is 488 g/mol. The summed E-state index contributed by atoms with van der Waals surface area (Å²) in [5.41, 5.74) is 0.690. The molecule has 1 fully saturated rings. The molecule has 0 aliphatic carbocycles. The highest BCUT2D eigenvalue weighted by atomic mass is 32.2. The number of aliphatic hydroxyl groups is 1. The van der Waals surface area contributed by atoms with E-state index in [1.54, 1.807) is 26.4 Å². The van der Waals surface area contributed by atoms with Crippen LogP contribution in [0, 0.1) is 6.92 Å². The van der Waals surface area contributed by atoms with E-state index in [2.05, 4.69) is 14.9 Å². The van der Waals surface area contributed by atoms with Crippen molar-refractivity contribution in [3.05, 3.63) is 48.3 Å². The molecule has 0 amide bonds. The first-order chi connectivity index (χ1) is 16.2. The Morgan fingerprint density at radius 1 is 1.03 bits per heavy atom. The van der Waals surface area contributed by atoms with Crippen molar-refractivity contribution in [2.45, 2.75) is 36.7 Å². The summed E-state index contributed by atoms with van der Waals surface area (Å²) in [6.07, 6.45) is 2.65. The topological polar surface area (TPSA) is 111 Å². The molecule has 1 aromatic heterocycles. The van der Waals surface area contributed by atoms with Crippen LogP contribution < -0.4 is 14.4 Å². The maximum Gasteiger partial charge on any atom is 0.296 e. The van der Waals surface area contributed by atoms with Crippen LogP contribution in [-0.4, -0.2) is 63.0 Å². The number of hydrogen-bond donors (Lipinski definition) is 1. The lowest BCUT2D eigenvalue weighted by Gasteiger charge is -2.39. The third-order valence-electron chi connectivity index (χ3n) is 6.23. The molecule has 10 heteroatoms. The molecule has 0 radical (unpaired) electrons. The van der Waals surface area contributed by atoms with Crippen LogP contribution in [-0.2, 0) is 14.3 Å². The molecule has 4 rings (SSSR count). The molecule has 3 aromatic rings. The van der Waals surface area contributed by atoms with Gasteiger partial charge in [0.15, 0.2) is 11.5 Å². The molecule has 1 aliphatic rings. The molecule has 2 aromatic carbocycles. The van der Waals surface area contributed by atoms with Gasteiger partial charge in [-0.3, -0.25) is 4.18 Å². The summed E-state index contributed by atoms with van der Waals surface area (Å²) in [5.74, 6) is 1.94. The second kappa shape index (κ2) is 9.73. The Balaban J connectivity index is 1.41. The van der Waals surface area contributed by atoms with Gasteiger partial charge < -0.3 is 19.5 Å². The Morgan fingerprint density at radius 2 is 1.68 bits per heavy atom. The largest absolute Gasteiger partial charge is 0.493 e. The Kier molecular flexibility index (Phi) is 6.92. The lowest BCUT2D eigenvalue weighted by molar-refractivity contribution is -0.00205. The van der Waals surface area contributed by atoms with E-state index in [4.69, 9.17) is 13.7 Å². The van der Waals surface area contributed by atoms with E-state index in [9.17, 15) is 13.5 Å². The van der Waals surface area contributed by atoms with E-state index < -0.39 is 15.7 Å². The fraction of sp³-hybridized carbons (Fsp3) is 0.417. The number of fused-ring (bicyclic) bond motifs is 1. The van der Waals surface area contributed by atoms with E-state index in [1.807, 2.05) is 19.1 Å². The van der Waals surface area contributed by atoms with Gasteiger partial charge in [0.1, 0.15) is 12.1 Å². The molecule has 0 bridgehead atoms. The van der Waals surface area contributed by atoms with Crippen molar-refractivity contribution in [2.24, 2.45) is 0 Å². The van der Waals surface area contributed by atoms with E-state index in [1.165, 1.54) is 18.5 Å². The van der Waals surface area contributed by atoms with Crippen molar-refractivity contribution in [3.8, 4) is 11.5 Å². The lowest BCUT2D eigenvalue weighted by Crippen LogP contribution is -2.45. The Labute approximate surface area is 199 Å². The Hall–Kier alpha value is -2.95. The molecule has 1 aliphatic heterocycles. The second-order valence-electron chi connectivity index (χ2n) is 8.47. The third kappa shape index (κ3) is 5.08. The zero-order chi connectivity index (χ0) is 24.3. The molecule has 34 heavy (non-hydrogen) atoms. The SMILES string of the molecule is COc1cc2ncnc(N3CCC(O)(CCOS(=O)(=O)c4ccc(C)cc4)CC3)c2cc1OC. The van der Waals surface area contributed by atoms with Gasteiger partial charge in [-0.05, 0) is 38.0 Å². The average Bonchev–Trinajstić information content (AvgIpc) is 2.83. The monoisotopic (exact) mass is 487 g/mol. The Bertz CT molecular complexity index is 1260. The number of methoxy groups -OCH3 is 2. The van der Waals surface area contributed by atoms with Gasteiger partial charge in [0, 0.05) is 31.0 Å². The van der Waals surface area contributed by atoms with Gasteiger partial charge in [-0.15, -0.1) is 0 Å². The zero-order valence-electron chi connectivity index (χ0n) is 19.5. The number of aromatic nitrogens is 2. The van der Waals surface area contributed by atoms with Gasteiger partial charge in [0.05, 0.1) is 36.8 Å². The number of rotatable bonds is 8. The minimum atomic E-state index is -3.86. The summed E-state index contributed by atoms with van der Waals surface area (Å²) in [5, 5.41) is 11.9. The highest BCUT2D eigenvalue weighted by molar-refractivity contribution is 7.86. The number of benzene rings is 2. The molecule has 0 saturated carbocycles. The zero-order valence-corrected chi connectivity index (χ0v) is 20.3. The summed E-state index contributed by atoms with van der Waals surface area (Å²) < 4.78 is 40.8. The van der Waals surface area contributed by atoms with Crippen LogP contribution in [0.2, 0.25) is 0 Å². The van der Waals surface area contributed by atoms with Crippen molar-refractivity contribution in [2.75, 3.05) is 38.8 Å². The number of piperidine rings is 1. The molecule has 9 nitrogen and oxygen atoms in total. The van der Waals surface area contributed by atoms with E-state index in [0.29, 0.717) is 37.4 Å². The molecule has 0 spiro atoms. The summed E-state index contributed by atoms with van der Waals surface area (Å²) in [7, 11) is -0.701. The fourth-order valence-electron chi connectivity index (χ4n) is 4.12. The van der Waals surface area contributed by atoms with Crippen molar-refractivity contribution in [1.29, 1.82) is 0 Å². The summed E-state index contributed by atoms with van der Waals surface area (Å²) in [4.78, 5) is 11.0. The van der Waals surface area contributed by atoms with Crippen LogP contribution in [0.25, 0.3) is 10.9 Å². The van der Waals surface area contributed by atoms with Gasteiger partial charge in [-0.25, -0.2) is 9.97 Å². The standard InChI is InChI=1S/C24H29N3O6S/c1-17-4-6-18(7-5-17)34(29,30)33-13-10-24(28)8-11-27(12-9-24)23-19-14-21(31-2)22(32-3)15-20(19)25-16-26-23/h4-7,14-16,28H,8-13H2,1-3H3. The minimum absolute atomic E-state index is 0.0832. The van der Waals surface area contributed by atoms with Gasteiger partial charge in [-0.1, -0.05) is 17.7 Å². The first kappa shape index (κ1) is 24.2. The van der Waals surface area contributed by atoms with Crippen LogP contribution in [0.4, 0.5) is 5.82 Å². The number of hydrogen-bond acceptors (Lipinski definition) is 9. The number of aryl methyl sites for hydroxylation is 1. The van der Waals surface area contributed by atoms with Crippen molar-refractivity contribution < 1.29 is 27.2 Å². The van der Waals surface area contributed by atoms with Crippen LogP contribution in [0.1, 0.15) is 24.8 Å². The van der Waals surface area contributed by atoms with Gasteiger partial charge in [0.2, 0.25) is 0 Å². The van der Waals surface area contributed by atoms with Crippen molar-refractivity contribution in [1.82, 2.24) is 9.97 Å². The van der Waals surface area contributed by atoms with Crippen LogP contribution in [0.5, 0.6) is 11.5 Å². The van der Waals surface area contributed by atoms with E-state index in [0.717, 1.165) is 22.3 Å². The first-order valence-corrected chi connectivity index (χ1v) is 12.5. The normalized spacial score (nSPS) is 15.9. The predicted octanol–water partition coefficient (Wildman–Crippen LogP) is 3.08. The third-order valence-corrected chi connectivity index (χ3v) is 7.56. The highest BCUT2D eigenvalue weighted by Crippen LogP contribution is 2.36. The molecular weight excluding hydrogens is 458 g/mol. The number of anilines is 1. The maximum absolute atomic E-state index is 12.4. The molecular formula is C24H29N3O6S. The van der Waals surface area contributed by atoms with Gasteiger partial charge in [0.25, 0.3) is 10.1 Å². The molecule has 1 saturated heterocycles. The fourth-order valence-corrected chi connectivity index (χ4v) is 5.03. The van der Waals surface area contributed by atoms with Crippen molar-refractivity contribution >= 4 is 26.8 Å². The first-order valence-electron chi connectivity index (χ1n) is 11.0. The summed E-state index contributed by atoms with van der Waals surface area (Å²) >= 11 is 0. The predicted molar refractivity (Wildman–Crippen MR) is 128 cm³/mol. The molecule has 1 N–H and O–H groups in total. The van der Waals surface area contributed by atoms with Crippen molar-refractivity contribution in [3.63, 3.8) is 0 Å². The van der Waals surface area contributed by atoms with Crippen LogP contribution >= 0.6 is 0 Å². The highest BCUT2D eigenvalue weighted by Gasteiger charge is 2.33. The quantitative estimate of drug-likeness (QED) is 0.479. The van der Waals surface area contributed by atoms with Gasteiger partial charge >= 0.3 is 0 Å². The Morgan fingerprint density at radius 3 is 2.32 bits per heavy atom. The molecule has 0 unspecified atom stereocenters. The smallest absolute Gasteiger partial charge is 0.296 e. The van der Waals surface area contributed by atoms with E-state index >= 15 is 0 Å².